The van der Waals surface area contributed by atoms with E-state index in [1.165, 1.54) is 7.11 Å². The van der Waals surface area contributed by atoms with Crippen LogP contribution in [-0.4, -0.2) is 42.7 Å². The van der Waals surface area contributed by atoms with Crippen LogP contribution in [0.1, 0.15) is 66.6 Å². The fourth-order valence-corrected chi connectivity index (χ4v) is 3.41. The Morgan fingerprint density at radius 2 is 1.78 bits per heavy atom. The lowest BCUT2D eigenvalue weighted by Gasteiger charge is -2.18. The van der Waals surface area contributed by atoms with E-state index >= 15 is 0 Å². The molecule has 0 saturated carbocycles. The molecule has 0 atom stereocenters. The summed E-state index contributed by atoms with van der Waals surface area (Å²) in [6.07, 6.45) is 2.04. The van der Waals surface area contributed by atoms with Gasteiger partial charge in [-0.2, -0.15) is 0 Å². The van der Waals surface area contributed by atoms with Gasteiger partial charge in [-0.3, -0.25) is 14.4 Å². The summed E-state index contributed by atoms with van der Waals surface area (Å²) in [7, 11) is 1.48. The molecule has 174 valence electrons. The number of esters is 3. The Hall–Kier alpha value is -3.36. The normalized spacial score (nSPS) is 12.8. The minimum atomic E-state index is -0.900. The zero-order valence-corrected chi connectivity index (χ0v) is 18.7. The fraction of sp³-hybridized carbons (Fsp3) is 0.478. The fourth-order valence-electron chi connectivity index (χ4n) is 3.41. The van der Waals surface area contributed by atoms with Gasteiger partial charge < -0.3 is 24.1 Å². The summed E-state index contributed by atoms with van der Waals surface area (Å²) in [6, 6.07) is 0. The van der Waals surface area contributed by atoms with Crippen molar-refractivity contribution in [3.05, 3.63) is 33.9 Å². The first-order valence-corrected chi connectivity index (χ1v) is 10.3. The van der Waals surface area contributed by atoms with E-state index in [0.717, 1.165) is 5.57 Å². The summed E-state index contributed by atoms with van der Waals surface area (Å²) in [5.41, 5.74) is 2.75. The number of carboxylic acids is 1. The maximum atomic E-state index is 12.5. The smallest absolute Gasteiger partial charge is 0.342 e. The molecular formula is C23H28O9. The highest BCUT2D eigenvalue weighted by Crippen LogP contribution is 2.43. The van der Waals surface area contributed by atoms with Crippen LogP contribution in [0.2, 0.25) is 0 Å². The predicted octanol–water partition coefficient (Wildman–Crippen LogP) is 3.28. The van der Waals surface area contributed by atoms with Crippen LogP contribution in [0.3, 0.4) is 0 Å². The van der Waals surface area contributed by atoms with E-state index in [2.05, 4.69) is 0 Å². The average Bonchev–Trinajstić information content (AvgIpc) is 3.13. The standard InChI is InChI=1S/C23H28O9/c1-5-30-18(26)10-11-19(27)32-22-15(8-6-13(2)7-9-17(24)25)21(29-4)14(3)16-12-31-23(28)20(16)22/h6H,5,7-12H2,1-4H3,(H,24,25)/b13-6+. The molecule has 1 heterocycles. The summed E-state index contributed by atoms with van der Waals surface area (Å²) in [6.45, 7) is 5.50. The molecule has 0 bridgehead atoms. The van der Waals surface area contributed by atoms with E-state index in [1.54, 1.807) is 20.8 Å². The van der Waals surface area contributed by atoms with Gasteiger partial charge in [0.1, 0.15) is 17.9 Å². The van der Waals surface area contributed by atoms with Gasteiger partial charge in [-0.05, 0) is 39.2 Å². The molecule has 0 saturated heterocycles. The number of carbonyl (C=O) groups is 4. The third-order valence-electron chi connectivity index (χ3n) is 5.07. The summed E-state index contributed by atoms with van der Waals surface area (Å²) >= 11 is 0. The van der Waals surface area contributed by atoms with Gasteiger partial charge in [0, 0.05) is 17.5 Å². The lowest BCUT2D eigenvalue weighted by atomic mass is 9.94. The SMILES string of the molecule is CCOC(=O)CCC(=O)Oc1c(C/C=C(\C)CCC(=O)O)c(OC)c(C)c2c1C(=O)OC2. The monoisotopic (exact) mass is 448 g/mol. The Morgan fingerprint density at radius 3 is 2.41 bits per heavy atom. The van der Waals surface area contributed by atoms with Gasteiger partial charge in [0.2, 0.25) is 0 Å². The molecule has 0 radical (unpaired) electrons. The predicted molar refractivity (Wildman–Crippen MR) is 113 cm³/mol. The minimum absolute atomic E-state index is 0.00921. The van der Waals surface area contributed by atoms with Crippen molar-refractivity contribution in [3.8, 4) is 11.5 Å². The van der Waals surface area contributed by atoms with Crippen molar-refractivity contribution in [2.24, 2.45) is 0 Å². The molecule has 1 aliphatic heterocycles. The summed E-state index contributed by atoms with van der Waals surface area (Å²) < 4.78 is 21.1. The van der Waals surface area contributed by atoms with Crippen LogP contribution in [0.4, 0.5) is 0 Å². The molecule has 0 unspecified atom stereocenters. The zero-order valence-electron chi connectivity index (χ0n) is 18.7. The van der Waals surface area contributed by atoms with Crippen LogP contribution >= 0.6 is 0 Å². The molecule has 0 amide bonds. The Labute approximate surface area is 186 Å². The third kappa shape index (κ3) is 6.09. The van der Waals surface area contributed by atoms with E-state index in [-0.39, 0.29) is 50.2 Å². The Morgan fingerprint density at radius 1 is 1.09 bits per heavy atom. The van der Waals surface area contributed by atoms with Gasteiger partial charge in [-0.25, -0.2) is 4.79 Å². The van der Waals surface area contributed by atoms with Crippen molar-refractivity contribution in [3.63, 3.8) is 0 Å². The van der Waals surface area contributed by atoms with Crippen molar-refractivity contribution in [1.82, 2.24) is 0 Å². The van der Waals surface area contributed by atoms with E-state index in [4.69, 9.17) is 24.1 Å². The molecule has 9 nitrogen and oxygen atoms in total. The maximum absolute atomic E-state index is 12.5. The molecule has 0 aromatic heterocycles. The second-order valence-electron chi connectivity index (χ2n) is 7.32. The number of carboxylic acid groups (broad SMARTS) is 1. The number of benzene rings is 1. The number of aliphatic carboxylic acids is 1. The van der Waals surface area contributed by atoms with Crippen molar-refractivity contribution >= 4 is 23.9 Å². The topological polar surface area (TPSA) is 125 Å². The first-order chi connectivity index (χ1) is 15.2. The molecule has 9 heteroatoms. The molecule has 0 spiro atoms. The number of carbonyl (C=O) groups excluding carboxylic acids is 3. The number of methoxy groups -OCH3 is 1. The number of allylic oxidation sites excluding steroid dienone is 2. The van der Waals surface area contributed by atoms with Crippen LogP contribution in [0.15, 0.2) is 11.6 Å². The lowest BCUT2D eigenvalue weighted by molar-refractivity contribution is -0.146. The van der Waals surface area contributed by atoms with Crippen LogP contribution in [-0.2, 0) is 36.9 Å². The highest BCUT2D eigenvalue weighted by atomic mass is 16.6. The number of fused-ring (bicyclic) bond motifs is 1. The molecule has 0 aliphatic carbocycles. The molecular weight excluding hydrogens is 420 g/mol. The highest BCUT2D eigenvalue weighted by molar-refractivity contribution is 5.99. The molecule has 1 N–H and O–H groups in total. The average molecular weight is 448 g/mol. The van der Waals surface area contributed by atoms with E-state index in [9.17, 15) is 19.2 Å². The first kappa shape index (κ1) is 24.9. The largest absolute Gasteiger partial charge is 0.496 e. The van der Waals surface area contributed by atoms with Crippen molar-refractivity contribution in [2.45, 2.75) is 59.5 Å². The second kappa shape index (κ2) is 11.3. The van der Waals surface area contributed by atoms with Crippen molar-refractivity contribution < 1.29 is 43.2 Å². The van der Waals surface area contributed by atoms with Gasteiger partial charge in [-0.1, -0.05) is 11.6 Å². The van der Waals surface area contributed by atoms with Gasteiger partial charge in [0.25, 0.3) is 0 Å². The molecule has 2 rings (SSSR count). The van der Waals surface area contributed by atoms with Gasteiger partial charge in [0.05, 0.1) is 26.6 Å². The second-order valence-corrected chi connectivity index (χ2v) is 7.32. The van der Waals surface area contributed by atoms with Crippen LogP contribution < -0.4 is 9.47 Å². The maximum Gasteiger partial charge on any atom is 0.342 e. The number of hydrogen-bond acceptors (Lipinski definition) is 8. The van der Waals surface area contributed by atoms with Crippen LogP contribution in [0.5, 0.6) is 11.5 Å². The van der Waals surface area contributed by atoms with Crippen LogP contribution in [0, 0.1) is 6.92 Å². The van der Waals surface area contributed by atoms with E-state index < -0.39 is 23.9 Å². The van der Waals surface area contributed by atoms with Crippen molar-refractivity contribution in [1.29, 1.82) is 0 Å². The van der Waals surface area contributed by atoms with Crippen molar-refractivity contribution in [2.75, 3.05) is 13.7 Å². The highest BCUT2D eigenvalue weighted by Gasteiger charge is 2.34. The molecule has 1 aromatic rings. The first-order valence-electron chi connectivity index (χ1n) is 10.3. The number of rotatable bonds is 11. The summed E-state index contributed by atoms with van der Waals surface area (Å²) in [5.74, 6) is -2.22. The summed E-state index contributed by atoms with van der Waals surface area (Å²) in [5, 5.41) is 8.88. The van der Waals surface area contributed by atoms with Gasteiger partial charge in [-0.15, -0.1) is 0 Å². The lowest BCUT2D eigenvalue weighted by Crippen LogP contribution is -2.16. The molecule has 1 aliphatic rings. The Balaban J connectivity index is 2.41. The van der Waals surface area contributed by atoms with Gasteiger partial charge >= 0.3 is 23.9 Å². The minimum Gasteiger partial charge on any atom is -0.496 e. The molecule has 0 fully saturated rings. The number of cyclic esters (lactones) is 1. The van der Waals surface area contributed by atoms with E-state index in [1.807, 2.05) is 6.08 Å². The molecule has 32 heavy (non-hydrogen) atoms. The Bertz CT molecular complexity index is 944. The number of ether oxygens (including phenoxy) is 4. The zero-order chi connectivity index (χ0) is 23.8. The third-order valence-corrected chi connectivity index (χ3v) is 5.07. The Kier molecular flexibility index (Phi) is 8.80. The summed E-state index contributed by atoms with van der Waals surface area (Å²) in [4.78, 5) is 47.3. The van der Waals surface area contributed by atoms with Crippen LogP contribution in [0.25, 0.3) is 0 Å². The van der Waals surface area contributed by atoms with E-state index in [0.29, 0.717) is 28.9 Å². The quantitative estimate of drug-likeness (QED) is 0.308. The molecule has 1 aromatic carbocycles. The van der Waals surface area contributed by atoms with Gasteiger partial charge in [0.15, 0.2) is 5.75 Å². The number of hydrogen-bond donors (Lipinski definition) is 1.